The lowest BCUT2D eigenvalue weighted by Crippen LogP contribution is -2.30. The third-order valence-electron chi connectivity index (χ3n) is 2.95. The smallest absolute Gasteiger partial charge is 0.307 e. The van der Waals surface area contributed by atoms with E-state index in [1.54, 1.807) is 4.90 Å². The van der Waals surface area contributed by atoms with E-state index < -0.39 is 12.4 Å². The van der Waals surface area contributed by atoms with E-state index in [0.29, 0.717) is 13.1 Å². The number of hydrogen-bond acceptors (Lipinski definition) is 2. The monoisotopic (exact) mass is 191 g/mol. The number of carbonyl (C=O) groups is 1. The normalized spacial score (nSPS) is 37.9. The Labute approximate surface area is 74.3 Å². The number of carboxylic acids is 1. The highest BCUT2D eigenvalue weighted by Crippen LogP contribution is 2.51. The Morgan fingerprint density at radius 1 is 1.46 bits per heavy atom. The quantitative estimate of drug-likeness (QED) is 0.706. The molecule has 0 spiro atoms. The molecule has 1 saturated carbocycles. The topological polar surface area (TPSA) is 40.5 Å². The Morgan fingerprint density at radius 3 is 2.38 bits per heavy atom. The van der Waals surface area contributed by atoms with E-state index in [-0.39, 0.29) is 24.3 Å². The fourth-order valence-electron chi connectivity index (χ4n) is 2.32. The van der Waals surface area contributed by atoms with Gasteiger partial charge in [0, 0.05) is 13.1 Å². The number of likely N-dealkylation sites (tertiary alicyclic amines) is 1. The van der Waals surface area contributed by atoms with Crippen molar-refractivity contribution in [2.45, 2.75) is 6.43 Å². The summed E-state index contributed by atoms with van der Waals surface area (Å²) in [5.41, 5.74) is 0. The Hall–Kier alpha value is -0.710. The van der Waals surface area contributed by atoms with Crippen LogP contribution < -0.4 is 0 Å². The van der Waals surface area contributed by atoms with Gasteiger partial charge in [-0.15, -0.1) is 0 Å². The second-order valence-electron chi connectivity index (χ2n) is 3.80. The van der Waals surface area contributed by atoms with Crippen molar-refractivity contribution in [2.24, 2.45) is 17.8 Å². The molecular formula is C8H11F2NO2. The Balaban J connectivity index is 1.80. The van der Waals surface area contributed by atoms with Crippen molar-refractivity contribution in [3.8, 4) is 0 Å². The lowest BCUT2D eigenvalue weighted by Gasteiger charge is -2.17. The summed E-state index contributed by atoms with van der Waals surface area (Å²) < 4.78 is 23.9. The van der Waals surface area contributed by atoms with Crippen LogP contribution in [0.15, 0.2) is 0 Å². The van der Waals surface area contributed by atoms with Gasteiger partial charge in [-0.2, -0.15) is 0 Å². The van der Waals surface area contributed by atoms with Gasteiger partial charge in [-0.1, -0.05) is 0 Å². The van der Waals surface area contributed by atoms with Gasteiger partial charge >= 0.3 is 5.97 Å². The number of halogens is 2. The Morgan fingerprint density at radius 2 is 2.00 bits per heavy atom. The van der Waals surface area contributed by atoms with Crippen LogP contribution in [0.4, 0.5) is 8.78 Å². The number of rotatable bonds is 3. The molecule has 1 N–H and O–H groups in total. The zero-order valence-electron chi connectivity index (χ0n) is 6.99. The summed E-state index contributed by atoms with van der Waals surface area (Å²) in [6, 6.07) is 0. The summed E-state index contributed by atoms with van der Waals surface area (Å²) in [4.78, 5) is 12.2. The minimum atomic E-state index is -2.30. The molecule has 1 aliphatic heterocycles. The molecule has 0 aromatic rings. The number of carboxylic acid groups (broad SMARTS) is 1. The van der Waals surface area contributed by atoms with Crippen molar-refractivity contribution in [3.63, 3.8) is 0 Å². The van der Waals surface area contributed by atoms with Crippen molar-refractivity contribution in [1.82, 2.24) is 4.90 Å². The molecule has 1 aliphatic carbocycles. The standard InChI is InChI=1S/C8H11F2NO2/c9-6(10)3-11-1-4-5(2-11)7(4)8(12)13/h4-7H,1-3H2,(H,12,13). The van der Waals surface area contributed by atoms with Gasteiger partial charge in [-0.05, 0) is 11.8 Å². The molecule has 13 heavy (non-hydrogen) atoms. The van der Waals surface area contributed by atoms with Crippen LogP contribution in [0.5, 0.6) is 0 Å². The van der Waals surface area contributed by atoms with Gasteiger partial charge in [0.25, 0.3) is 6.43 Å². The molecule has 0 amide bonds. The van der Waals surface area contributed by atoms with Crippen LogP contribution in [0, 0.1) is 17.8 Å². The van der Waals surface area contributed by atoms with E-state index in [1.807, 2.05) is 0 Å². The minimum Gasteiger partial charge on any atom is -0.481 e. The van der Waals surface area contributed by atoms with E-state index in [4.69, 9.17) is 5.11 Å². The predicted octanol–water partition coefficient (Wildman–Crippen LogP) is 0.514. The van der Waals surface area contributed by atoms with Crippen molar-refractivity contribution in [3.05, 3.63) is 0 Å². The molecule has 1 heterocycles. The van der Waals surface area contributed by atoms with E-state index in [1.165, 1.54) is 0 Å². The van der Waals surface area contributed by atoms with Crippen LogP contribution in [-0.2, 0) is 4.79 Å². The van der Waals surface area contributed by atoms with Crippen molar-refractivity contribution in [2.75, 3.05) is 19.6 Å². The van der Waals surface area contributed by atoms with Crippen LogP contribution in [-0.4, -0.2) is 42.0 Å². The highest BCUT2D eigenvalue weighted by molar-refractivity contribution is 5.74. The fourth-order valence-corrected chi connectivity index (χ4v) is 2.32. The van der Waals surface area contributed by atoms with Gasteiger partial charge in [-0.25, -0.2) is 8.78 Å². The maximum absolute atomic E-state index is 11.9. The van der Waals surface area contributed by atoms with Crippen LogP contribution >= 0.6 is 0 Å². The maximum Gasteiger partial charge on any atom is 0.307 e. The van der Waals surface area contributed by atoms with Crippen LogP contribution in [0.3, 0.4) is 0 Å². The summed E-state index contributed by atoms with van der Waals surface area (Å²) in [6.07, 6.45) is -2.30. The number of nitrogens with zero attached hydrogens (tertiary/aromatic N) is 1. The van der Waals surface area contributed by atoms with Gasteiger partial charge in [0.1, 0.15) is 0 Å². The molecule has 2 unspecified atom stereocenters. The van der Waals surface area contributed by atoms with E-state index >= 15 is 0 Å². The van der Waals surface area contributed by atoms with Gasteiger partial charge in [0.15, 0.2) is 0 Å². The zero-order chi connectivity index (χ0) is 9.59. The van der Waals surface area contributed by atoms with Crippen LogP contribution in [0.1, 0.15) is 0 Å². The third-order valence-corrected chi connectivity index (χ3v) is 2.95. The SMILES string of the molecule is O=C(O)C1C2CN(CC(F)F)CC21. The van der Waals surface area contributed by atoms with Crippen molar-refractivity contribution >= 4 is 5.97 Å². The lowest BCUT2D eigenvalue weighted by atomic mass is 10.2. The van der Waals surface area contributed by atoms with E-state index in [9.17, 15) is 13.6 Å². The third kappa shape index (κ3) is 1.52. The van der Waals surface area contributed by atoms with Gasteiger partial charge in [-0.3, -0.25) is 9.69 Å². The first kappa shape index (κ1) is 8.87. The maximum atomic E-state index is 11.9. The highest BCUT2D eigenvalue weighted by Gasteiger charge is 2.59. The lowest BCUT2D eigenvalue weighted by molar-refractivity contribution is -0.139. The van der Waals surface area contributed by atoms with Gasteiger partial charge < -0.3 is 5.11 Å². The number of hydrogen-bond donors (Lipinski definition) is 1. The largest absolute Gasteiger partial charge is 0.481 e. The van der Waals surface area contributed by atoms with Gasteiger partial charge in [0.2, 0.25) is 0 Å². The molecule has 3 nitrogen and oxygen atoms in total. The summed E-state index contributed by atoms with van der Waals surface area (Å²) in [6.45, 7) is 0.858. The molecule has 74 valence electrons. The molecule has 2 aliphatic rings. The number of alkyl halides is 2. The van der Waals surface area contributed by atoms with Crippen LogP contribution in [0.2, 0.25) is 0 Å². The molecule has 0 bridgehead atoms. The highest BCUT2D eigenvalue weighted by atomic mass is 19.3. The average molecular weight is 191 g/mol. The molecule has 5 heteroatoms. The second kappa shape index (κ2) is 2.90. The summed E-state index contributed by atoms with van der Waals surface area (Å²) in [5.74, 6) is -0.756. The minimum absolute atomic E-state index is 0.135. The molecule has 2 atom stereocenters. The second-order valence-corrected chi connectivity index (χ2v) is 3.80. The van der Waals surface area contributed by atoms with E-state index in [2.05, 4.69) is 0 Å². The first-order valence-corrected chi connectivity index (χ1v) is 4.33. The van der Waals surface area contributed by atoms with E-state index in [0.717, 1.165) is 0 Å². The first-order valence-electron chi connectivity index (χ1n) is 4.33. The molecule has 2 rings (SSSR count). The molecule has 0 aromatic heterocycles. The summed E-state index contributed by atoms with van der Waals surface area (Å²) >= 11 is 0. The molecule has 0 aromatic carbocycles. The number of piperidine rings is 1. The van der Waals surface area contributed by atoms with Crippen LogP contribution in [0.25, 0.3) is 0 Å². The van der Waals surface area contributed by atoms with Crippen molar-refractivity contribution < 1.29 is 18.7 Å². The molecule has 0 radical (unpaired) electrons. The number of aliphatic carboxylic acids is 1. The first-order chi connectivity index (χ1) is 6.09. The summed E-state index contributed by atoms with van der Waals surface area (Å²) in [5, 5.41) is 8.66. The molecule has 2 fully saturated rings. The fraction of sp³-hybridized carbons (Fsp3) is 0.875. The van der Waals surface area contributed by atoms with Crippen molar-refractivity contribution in [1.29, 1.82) is 0 Å². The Kier molecular flexibility index (Phi) is 1.98. The average Bonchev–Trinajstić information content (AvgIpc) is 2.49. The molecular weight excluding hydrogens is 180 g/mol. The zero-order valence-corrected chi connectivity index (χ0v) is 6.99. The predicted molar refractivity (Wildman–Crippen MR) is 40.5 cm³/mol. The Bertz CT molecular complexity index is 222. The van der Waals surface area contributed by atoms with Gasteiger partial charge in [0.05, 0.1) is 12.5 Å². The molecule has 1 saturated heterocycles. The summed E-state index contributed by atoms with van der Waals surface area (Å²) in [7, 11) is 0. The number of fused-ring (bicyclic) bond motifs is 1.